The summed E-state index contributed by atoms with van der Waals surface area (Å²) in [5.41, 5.74) is 0.320. The Labute approximate surface area is 170 Å². The molecule has 2 aromatic rings. The van der Waals surface area contributed by atoms with E-state index < -0.39 is 14.9 Å². The van der Waals surface area contributed by atoms with E-state index in [-0.39, 0.29) is 16.5 Å². The lowest BCUT2D eigenvalue weighted by molar-refractivity contribution is -0.385. The summed E-state index contributed by atoms with van der Waals surface area (Å²) < 4.78 is 23.0. The van der Waals surface area contributed by atoms with Gasteiger partial charge in [-0.05, 0) is 57.6 Å². The third kappa shape index (κ3) is 6.90. The first-order valence-corrected chi connectivity index (χ1v) is 11.3. The van der Waals surface area contributed by atoms with Crippen molar-refractivity contribution in [3.63, 3.8) is 0 Å². The van der Waals surface area contributed by atoms with Gasteiger partial charge in [0.1, 0.15) is 0 Å². The van der Waals surface area contributed by atoms with Crippen LogP contribution >= 0.6 is 11.8 Å². The molecule has 0 fully saturated rings. The van der Waals surface area contributed by atoms with Crippen molar-refractivity contribution in [3.8, 4) is 0 Å². The van der Waals surface area contributed by atoms with Gasteiger partial charge in [0.15, 0.2) is 0 Å². The second-order valence-electron chi connectivity index (χ2n) is 6.88. The number of hydrogen-bond acceptors (Lipinski definition) is 6. The van der Waals surface area contributed by atoms with Crippen molar-refractivity contribution in [2.75, 3.05) is 26.4 Å². The van der Waals surface area contributed by atoms with Crippen molar-refractivity contribution in [2.24, 2.45) is 11.1 Å². The number of thioether (sulfide) groups is 1. The molecule has 2 aromatic carbocycles. The van der Waals surface area contributed by atoms with Crippen molar-refractivity contribution < 1.29 is 13.3 Å². The lowest BCUT2D eigenvalue weighted by Crippen LogP contribution is -2.20. The average molecular weight is 424 g/mol. The molecule has 0 aliphatic rings. The Morgan fingerprint density at radius 3 is 2.43 bits per heavy atom. The minimum atomic E-state index is -3.99. The number of rotatable bonds is 10. The molecule has 28 heavy (non-hydrogen) atoms. The molecule has 7 nitrogen and oxygen atoms in total. The summed E-state index contributed by atoms with van der Waals surface area (Å²) >= 11 is 1.72. The molecule has 2 rings (SSSR count). The van der Waals surface area contributed by atoms with E-state index in [1.54, 1.807) is 11.8 Å². The van der Waals surface area contributed by atoms with Gasteiger partial charge in [0.05, 0.1) is 9.82 Å². The number of nitro benzene ring substituents is 1. The second kappa shape index (κ2) is 10.0. The Balaban J connectivity index is 2.22. The van der Waals surface area contributed by atoms with E-state index in [0.29, 0.717) is 12.0 Å². The zero-order valence-corrected chi connectivity index (χ0v) is 17.6. The first kappa shape index (κ1) is 22.4. The lowest BCUT2D eigenvalue weighted by atomic mass is 9.96. The van der Waals surface area contributed by atoms with Crippen molar-refractivity contribution in [2.45, 2.75) is 22.6 Å². The number of primary sulfonamides is 1. The molecular formula is C19H25N3O4S2. The van der Waals surface area contributed by atoms with Gasteiger partial charge in [0.25, 0.3) is 5.69 Å². The zero-order chi connectivity index (χ0) is 20.7. The first-order chi connectivity index (χ1) is 13.2. The molecule has 152 valence electrons. The number of sulfonamides is 1. The lowest BCUT2D eigenvalue weighted by Gasteiger charge is -2.19. The van der Waals surface area contributed by atoms with Crippen LogP contribution < -0.4 is 5.14 Å². The largest absolute Gasteiger partial charge is 0.309 e. The number of nitrogens with zero attached hydrogens (tertiary/aromatic N) is 2. The van der Waals surface area contributed by atoms with E-state index in [1.807, 2.05) is 44.4 Å². The van der Waals surface area contributed by atoms with Crippen LogP contribution in [-0.4, -0.2) is 44.6 Å². The molecule has 0 aliphatic heterocycles. The van der Waals surface area contributed by atoms with Crippen molar-refractivity contribution in [1.29, 1.82) is 0 Å². The summed E-state index contributed by atoms with van der Waals surface area (Å²) in [5, 5.41) is 16.6. The molecule has 0 spiro atoms. The van der Waals surface area contributed by atoms with Gasteiger partial charge >= 0.3 is 0 Å². The molecular weight excluding hydrogens is 398 g/mol. The summed E-state index contributed by atoms with van der Waals surface area (Å²) in [5.74, 6) is 1.01. The Bertz CT molecular complexity index is 903. The number of benzene rings is 2. The molecule has 0 amide bonds. The van der Waals surface area contributed by atoms with Crippen LogP contribution in [0.3, 0.4) is 0 Å². The minimum Gasteiger partial charge on any atom is -0.309 e. The highest BCUT2D eigenvalue weighted by Gasteiger charge is 2.22. The van der Waals surface area contributed by atoms with Crippen LogP contribution in [0.25, 0.3) is 0 Å². The Morgan fingerprint density at radius 2 is 1.86 bits per heavy atom. The minimum absolute atomic E-state index is 0.201. The van der Waals surface area contributed by atoms with Crippen LogP contribution in [0.5, 0.6) is 0 Å². The molecule has 0 heterocycles. The Hall–Kier alpha value is -1.94. The Morgan fingerprint density at radius 1 is 1.18 bits per heavy atom. The van der Waals surface area contributed by atoms with Crippen LogP contribution in [0.2, 0.25) is 0 Å². The molecule has 2 N–H and O–H groups in total. The third-order valence-corrected chi connectivity index (χ3v) is 6.46. The average Bonchev–Trinajstić information content (AvgIpc) is 2.63. The maximum Gasteiger partial charge on any atom is 0.273 e. The van der Waals surface area contributed by atoms with E-state index in [4.69, 9.17) is 5.14 Å². The Kier molecular flexibility index (Phi) is 7.99. The van der Waals surface area contributed by atoms with Gasteiger partial charge in [-0.1, -0.05) is 24.3 Å². The van der Waals surface area contributed by atoms with Crippen LogP contribution in [0.15, 0.2) is 58.3 Å². The smallest absolute Gasteiger partial charge is 0.273 e. The molecule has 0 unspecified atom stereocenters. The molecule has 0 radical (unpaired) electrons. The molecule has 0 aromatic heterocycles. The van der Waals surface area contributed by atoms with Gasteiger partial charge < -0.3 is 4.90 Å². The van der Waals surface area contributed by atoms with Gasteiger partial charge in [-0.2, -0.15) is 0 Å². The fourth-order valence-electron chi connectivity index (χ4n) is 2.79. The fourth-order valence-corrected chi connectivity index (χ4v) is 4.39. The van der Waals surface area contributed by atoms with E-state index in [1.165, 1.54) is 12.1 Å². The van der Waals surface area contributed by atoms with Crippen LogP contribution in [-0.2, 0) is 16.4 Å². The topological polar surface area (TPSA) is 107 Å². The molecule has 0 saturated heterocycles. The van der Waals surface area contributed by atoms with Crippen LogP contribution in [0.4, 0.5) is 5.69 Å². The highest BCUT2D eigenvalue weighted by molar-refractivity contribution is 7.99. The summed E-state index contributed by atoms with van der Waals surface area (Å²) in [6, 6.07) is 13.9. The van der Waals surface area contributed by atoms with Crippen LogP contribution in [0, 0.1) is 16.0 Å². The number of nitrogens with two attached hydrogens (primary N) is 1. The summed E-state index contributed by atoms with van der Waals surface area (Å²) in [6.07, 6.45) is 1.37. The summed E-state index contributed by atoms with van der Waals surface area (Å²) in [7, 11) is -0.00536. The number of hydrogen-bond donors (Lipinski definition) is 1. The second-order valence-corrected chi connectivity index (χ2v) is 9.53. The predicted molar refractivity (Wildman–Crippen MR) is 112 cm³/mol. The van der Waals surface area contributed by atoms with Gasteiger partial charge in [-0.25, -0.2) is 13.6 Å². The maximum atomic E-state index is 11.5. The highest BCUT2D eigenvalue weighted by atomic mass is 32.2. The summed E-state index contributed by atoms with van der Waals surface area (Å²) in [4.78, 5) is 13.9. The molecule has 9 heteroatoms. The number of nitro groups is 1. The SMILES string of the molecule is CN(C)CC[C@H](CSc1ccccc1)Cc1ccc(S(N)(=O)=O)cc1[N+](=O)[O-]. The molecule has 0 bridgehead atoms. The van der Waals surface area contributed by atoms with Gasteiger partial charge in [-0.3, -0.25) is 10.1 Å². The highest BCUT2D eigenvalue weighted by Crippen LogP contribution is 2.29. The summed E-state index contributed by atoms with van der Waals surface area (Å²) in [6.45, 7) is 0.864. The first-order valence-electron chi connectivity index (χ1n) is 8.79. The molecule has 1 atom stereocenters. The van der Waals surface area contributed by atoms with Gasteiger partial charge in [0, 0.05) is 22.3 Å². The zero-order valence-electron chi connectivity index (χ0n) is 15.9. The van der Waals surface area contributed by atoms with E-state index in [2.05, 4.69) is 4.90 Å². The molecule has 0 saturated carbocycles. The van der Waals surface area contributed by atoms with Gasteiger partial charge in [-0.15, -0.1) is 11.8 Å². The van der Waals surface area contributed by atoms with Gasteiger partial charge in [0.2, 0.25) is 10.0 Å². The molecule has 0 aliphatic carbocycles. The predicted octanol–water partition coefficient (Wildman–Crippen LogP) is 3.14. The normalized spacial score (nSPS) is 12.9. The van der Waals surface area contributed by atoms with Crippen molar-refractivity contribution in [3.05, 3.63) is 64.2 Å². The van der Waals surface area contributed by atoms with E-state index >= 15 is 0 Å². The van der Waals surface area contributed by atoms with Crippen molar-refractivity contribution >= 4 is 27.5 Å². The fraction of sp³-hybridized carbons (Fsp3) is 0.368. The van der Waals surface area contributed by atoms with Crippen molar-refractivity contribution in [1.82, 2.24) is 4.90 Å². The quantitative estimate of drug-likeness (QED) is 0.357. The standard InChI is InChI=1S/C19H25N3O4S2/c1-21(2)11-10-15(14-27-17-6-4-3-5-7-17)12-16-8-9-18(28(20,25)26)13-19(16)22(23)24/h3-9,13,15H,10-12,14H2,1-2H3,(H2,20,25,26)/t15-/m0/s1. The van der Waals surface area contributed by atoms with E-state index in [9.17, 15) is 18.5 Å². The maximum absolute atomic E-state index is 11.5. The monoisotopic (exact) mass is 423 g/mol. The van der Waals surface area contributed by atoms with Crippen LogP contribution in [0.1, 0.15) is 12.0 Å². The van der Waals surface area contributed by atoms with E-state index in [0.717, 1.165) is 29.7 Å². The third-order valence-electron chi connectivity index (χ3n) is 4.30.